The van der Waals surface area contributed by atoms with Crippen LogP contribution in [-0.4, -0.2) is 16.2 Å². The van der Waals surface area contributed by atoms with Crippen LogP contribution in [0.15, 0.2) is 78.9 Å². The third kappa shape index (κ3) is 2.82. The van der Waals surface area contributed by atoms with E-state index < -0.39 is 0 Å². The molecule has 0 fully saturated rings. The zero-order valence-electron chi connectivity index (χ0n) is 15.9. The molecule has 2 atom stereocenters. The summed E-state index contributed by atoms with van der Waals surface area (Å²) in [7, 11) is 0. The molecule has 2 heterocycles. The van der Waals surface area contributed by atoms with Crippen LogP contribution in [0.4, 0.5) is 5.95 Å². The molecule has 0 saturated heterocycles. The van der Waals surface area contributed by atoms with Crippen LogP contribution in [0.1, 0.15) is 36.6 Å². The fourth-order valence-electron chi connectivity index (χ4n) is 4.22. The number of nitrogens with one attached hydrogen (secondary N) is 1. The molecule has 0 radical (unpaired) electrons. The van der Waals surface area contributed by atoms with Gasteiger partial charge in [0.05, 0.1) is 29.7 Å². The van der Waals surface area contributed by atoms with Crippen LogP contribution in [-0.2, 0) is 0 Å². The molecule has 28 heavy (non-hydrogen) atoms. The van der Waals surface area contributed by atoms with E-state index in [1.165, 1.54) is 11.1 Å². The molecule has 4 heteroatoms. The van der Waals surface area contributed by atoms with Crippen LogP contribution in [0.25, 0.3) is 11.0 Å². The van der Waals surface area contributed by atoms with Crippen molar-refractivity contribution in [1.29, 1.82) is 0 Å². The first-order chi connectivity index (χ1) is 13.8. The molecule has 4 nitrogen and oxygen atoms in total. The number of nitrogens with zero attached hydrogens (tertiary/aromatic N) is 2. The van der Waals surface area contributed by atoms with Gasteiger partial charge in [0.2, 0.25) is 5.95 Å². The molecule has 5 rings (SSSR count). The Morgan fingerprint density at radius 2 is 1.71 bits per heavy atom. The summed E-state index contributed by atoms with van der Waals surface area (Å²) in [6, 6.07) is 27.7. The number of rotatable bonds is 4. The molecule has 1 aromatic heterocycles. The van der Waals surface area contributed by atoms with Gasteiger partial charge in [-0.15, -0.1) is 0 Å². The molecule has 140 valence electrons. The lowest BCUT2D eigenvalue weighted by Gasteiger charge is -2.34. The van der Waals surface area contributed by atoms with Crippen LogP contribution in [0, 0.1) is 0 Å². The Bertz CT molecular complexity index is 1100. The lowest BCUT2D eigenvalue weighted by Crippen LogP contribution is -2.27. The van der Waals surface area contributed by atoms with E-state index >= 15 is 0 Å². The van der Waals surface area contributed by atoms with Gasteiger partial charge in [-0.05, 0) is 37.1 Å². The smallest absolute Gasteiger partial charge is 0.204 e. The third-order valence-electron chi connectivity index (χ3n) is 5.45. The fourth-order valence-corrected chi connectivity index (χ4v) is 4.22. The third-order valence-corrected chi connectivity index (χ3v) is 5.45. The Hall–Kier alpha value is -3.27. The minimum Gasteiger partial charge on any atom is -0.494 e. The first kappa shape index (κ1) is 16.9. The molecule has 0 amide bonds. The van der Waals surface area contributed by atoms with E-state index in [1.54, 1.807) is 0 Å². The molecule has 1 N–H and O–H groups in total. The average Bonchev–Trinajstić information content (AvgIpc) is 3.13. The van der Waals surface area contributed by atoms with Crippen LogP contribution in [0.2, 0.25) is 0 Å². The molecule has 1 aliphatic rings. The van der Waals surface area contributed by atoms with Crippen molar-refractivity contribution in [1.82, 2.24) is 9.55 Å². The lowest BCUT2D eigenvalue weighted by molar-refractivity contribution is 0.329. The van der Waals surface area contributed by atoms with Crippen molar-refractivity contribution in [2.75, 3.05) is 11.9 Å². The zero-order chi connectivity index (χ0) is 18.9. The minimum absolute atomic E-state index is 0.150. The average molecular weight is 369 g/mol. The highest BCUT2D eigenvalue weighted by molar-refractivity contribution is 5.79. The highest BCUT2D eigenvalue weighted by Crippen LogP contribution is 2.43. The molecule has 1 aliphatic heterocycles. The minimum atomic E-state index is 0.150. The second-order valence-corrected chi connectivity index (χ2v) is 7.12. The van der Waals surface area contributed by atoms with Crippen molar-refractivity contribution in [3.8, 4) is 5.75 Å². The number of hydrogen-bond acceptors (Lipinski definition) is 3. The number of ether oxygens (including phenoxy) is 1. The van der Waals surface area contributed by atoms with Gasteiger partial charge in [-0.3, -0.25) is 0 Å². The molecular weight excluding hydrogens is 346 g/mol. The van der Waals surface area contributed by atoms with E-state index in [0.717, 1.165) is 29.2 Å². The van der Waals surface area contributed by atoms with E-state index in [2.05, 4.69) is 76.6 Å². The van der Waals surface area contributed by atoms with Crippen molar-refractivity contribution in [3.05, 3.63) is 90.0 Å². The highest BCUT2D eigenvalue weighted by Gasteiger charge is 2.32. The van der Waals surface area contributed by atoms with Gasteiger partial charge in [0.25, 0.3) is 0 Å². The van der Waals surface area contributed by atoms with Gasteiger partial charge >= 0.3 is 0 Å². The summed E-state index contributed by atoms with van der Waals surface area (Å²) in [5.74, 6) is 1.87. The number of fused-ring (bicyclic) bond motifs is 3. The van der Waals surface area contributed by atoms with Crippen LogP contribution >= 0.6 is 0 Å². The molecule has 3 aromatic carbocycles. The topological polar surface area (TPSA) is 39.1 Å². The van der Waals surface area contributed by atoms with Gasteiger partial charge in [0.15, 0.2) is 0 Å². The van der Waals surface area contributed by atoms with Crippen LogP contribution in [0.3, 0.4) is 0 Å². The van der Waals surface area contributed by atoms with Crippen molar-refractivity contribution in [2.45, 2.75) is 25.4 Å². The van der Waals surface area contributed by atoms with Gasteiger partial charge in [-0.1, -0.05) is 60.7 Å². The zero-order valence-corrected chi connectivity index (χ0v) is 15.9. The summed E-state index contributed by atoms with van der Waals surface area (Å²) < 4.78 is 8.31. The fraction of sp³-hybridized carbons (Fsp3) is 0.208. The van der Waals surface area contributed by atoms with E-state index in [4.69, 9.17) is 9.72 Å². The monoisotopic (exact) mass is 369 g/mol. The number of para-hydroxylation sites is 3. The van der Waals surface area contributed by atoms with E-state index in [0.29, 0.717) is 6.61 Å². The van der Waals surface area contributed by atoms with Gasteiger partial charge < -0.3 is 14.6 Å². The standard InChI is InChI=1S/C24H23N3O/c1-2-28-23-15-9-6-12-18(23)22-16-20(17-10-4-3-5-11-17)26-24-25-19-13-7-8-14-21(19)27(22)24/h3-15,20,22H,2,16H2,1H3,(H,25,26)/t20-,22+/m0/s1. The first-order valence-electron chi connectivity index (χ1n) is 9.85. The number of benzene rings is 3. The van der Waals surface area contributed by atoms with Gasteiger partial charge in [-0.25, -0.2) is 4.98 Å². The van der Waals surface area contributed by atoms with E-state index in [9.17, 15) is 0 Å². The summed E-state index contributed by atoms with van der Waals surface area (Å²) in [5, 5.41) is 3.66. The summed E-state index contributed by atoms with van der Waals surface area (Å²) in [5.41, 5.74) is 4.64. The van der Waals surface area contributed by atoms with Crippen molar-refractivity contribution < 1.29 is 4.74 Å². The second kappa shape index (κ2) is 7.04. The Morgan fingerprint density at radius 3 is 2.57 bits per heavy atom. The Morgan fingerprint density at radius 1 is 0.964 bits per heavy atom. The number of imidazole rings is 1. The second-order valence-electron chi connectivity index (χ2n) is 7.12. The first-order valence-corrected chi connectivity index (χ1v) is 9.85. The Labute approximate surface area is 164 Å². The molecule has 0 bridgehead atoms. The summed E-state index contributed by atoms with van der Waals surface area (Å²) in [6.07, 6.45) is 0.932. The number of anilines is 1. The SMILES string of the molecule is CCOc1ccccc1[C@H]1C[C@@H](c2ccccc2)Nc2nc3ccccc3n21. The predicted octanol–water partition coefficient (Wildman–Crippen LogP) is 5.58. The van der Waals surface area contributed by atoms with E-state index in [-0.39, 0.29) is 12.1 Å². The van der Waals surface area contributed by atoms with Crippen molar-refractivity contribution in [2.24, 2.45) is 0 Å². The maximum atomic E-state index is 5.98. The normalized spacial score (nSPS) is 18.5. The number of aromatic nitrogens is 2. The summed E-state index contributed by atoms with van der Waals surface area (Å²) >= 11 is 0. The van der Waals surface area contributed by atoms with Gasteiger partial charge in [0, 0.05) is 5.56 Å². The van der Waals surface area contributed by atoms with E-state index in [1.807, 2.05) is 19.1 Å². The van der Waals surface area contributed by atoms with Gasteiger partial charge in [-0.2, -0.15) is 0 Å². The predicted molar refractivity (Wildman–Crippen MR) is 113 cm³/mol. The molecule has 0 spiro atoms. The largest absolute Gasteiger partial charge is 0.494 e. The van der Waals surface area contributed by atoms with Crippen LogP contribution < -0.4 is 10.1 Å². The highest BCUT2D eigenvalue weighted by atomic mass is 16.5. The molecule has 4 aromatic rings. The Kier molecular flexibility index (Phi) is 4.24. The molecule has 0 aliphatic carbocycles. The van der Waals surface area contributed by atoms with Crippen molar-refractivity contribution in [3.63, 3.8) is 0 Å². The quantitative estimate of drug-likeness (QED) is 0.510. The van der Waals surface area contributed by atoms with Gasteiger partial charge in [0.1, 0.15) is 5.75 Å². The molecular formula is C24H23N3O. The summed E-state index contributed by atoms with van der Waals surface area (Å²) in [4.78, 5) is 4.89. The Balaban J connectivity index is 1.69. The number of hydrogen-bond donors (Lipinski definition) is 1. The maximum Gasteiger partial charge on any atom is 0.204 e. The van der Waals surface area contributed by atoms with Crippen molar-refractivity contribution >= 4 is 17.0 Å². The summed E-state index contributed by atoms with van der Waals surface area (Å²) in [6.45, 7) is 2.69. The van der Waals surface area contributed by atoms with Crippen LogP contribution in [0.5, 0.6) is 5.75 Å². The molecule has 0 unspecified atom stereocenters. The molecule has 0 saturated carbocycles. The lowest BCUT2D eigenvalue weighted by atomic mass is 9.92. The maximum absolute atomic E-state index is 5.98.